The van der Waals surface area contributed by atoms with Gasteiger partial charge in [0.25, 0.3) is 5.91 Å². The summed E-state index contributed by atoms with van der Waals surface area (Å²) in [5, 5.41) is 5.95. The number of para-hydroxylation sites is 1. The summed E-state index contributed by atoms with van der Waals surface area (Å²) in [6.07, 6.45) is 5.34. The number of hydrogen-bond donors (Lipinski definition) is 2. The molecule has 0 atom stereocenters. The highest BCUT2D eigenvalue weighted by atomic mass is 16.5. The van der Waals surface area contributed by atoms with Gasteiger partial charge in [0.1, 0.15) is 23.7 Å². The quantitative estimate of drug-likeness (QED) is 0.613. The molecule has 0 bridgehead atoms. The minimum absolute atomic E-state index is 0.00466. The van der Waals surface area contributed by atoms with Gasteiger partial charge in [-0.3, -0.25) is 4.79 Å². The number of rotatable bonds is 8. The van der Waals surface area contributed by atoms with Crippen LogP contribution in [-0.2, 0) is 4.79 Å². The van der Waals surface area contributed by atoms with E-state index in [1.165, 1.54) is 6.33 Å². The minimum Gasteiger partial charge on any atom is -0.484 e. The Morgan fingerprint density at radius 2 is 1.84 bits per heavy atom. The molecule has 0 aliphatic heterocycles. The molecule has 25 heavy (non-hydrogen) atoms. The second kappa shape index (κ2) is 8.49. The highest BCUT2D eigenvalue weighted by Gasteiger charge is 2.03. The summed E-state index contributed by atoms with van der Waals surface area (Å²) in [5.41, 5.74) is 0. The summed E-state index contributed by atoms with van der Waals surface area (Å²) in [4.78, 5) is 20.1. The zero-order chi connectivity index (χ0) is 17.3. The lowest BCUT2D eigenvalue weighted by Crippen LogP contribution is -2.32. The van der Waals surface area contributed by atoms with E-state index in [0.29, 0.717) is 24.7 Å². The molecule has 0 saturated heterocycles. The average molecular weight is 337 g/mol. The number of hydrogen-bond acceptors (Lipinski definition) is 5. The Bertz CT molecular complexity index is 790. The molecule has 0 fully saturated rings. The molecule has 2 N–H and O–H groups in total. The first-order valence-electron chi connectivity index (χ1n) is 7.95. The summed E-state index contributed by atoms with van der Waals surface area (Å²) >= 11 is 0. The van der Waals surface area contributed by atoms with Crippen LogP contribution in [0, 0.1) is 0 Å². The molecule has 0 spiro atoms. The number of aromatic nitrogens is 3. The van der Waals surface area contributed by atoms with E-state index >= 15 is 0 Å². The number of anilines is 1. The molecule has 128 valence electrons. The van der Waals surface area contributed by atoms with Crippen molar-refractivity contribution in [2.45, 2.75) is 0 Å². The molecule has 2 aromatic heterocycles. The summed E-state index contributed by atoms with van der Waals surface area (Å²) in [6, 6.07) is 15.0. The van der Waals surface area contributed by atoms with Gasteiger partial charge in [0.05, 0.1) is 0 Å². The van der Waals surface area contributed by atoms with Crippen molar-refractivity contribution < 1.29 is 9.53 Å². The number of carbonyl (C=O) groups is 1. The number of ether oxygens (including phenoxy) is 1. The van der Waals surface area contributed by atoms with Gasteiger partial charge < -0.3 is 19.9 Å². The van der Waals surface area contributed by atoms with Crippen LogP contribution in [0.3, 0.4) is 0 Å². The van der Waals surface area contributed by atoms with Gasteiger partial charge in [-0.15, -0.1) is 0 Å². The van der Waals surface area contributed by atoms with Gasteiger partial charge >= 0.3 is 0 Å². The SMILES string of the molecule is O=C(COc1ccccc1)NCCNc1cc(-n2cccc2)ncn1. The Kier molecular flexibility index (Phi) is 5.60. The molecular weight excluding hydrogens is 318 g/mol. The fourth-order valence-electron chi connectivity index (χ4n) is 2.18. The van der Waals surface area contributed by atoms with Gasteiger partial charge in [-0.25, -0.2) is 9.97 Å². The summed E-state index contributed by atoms with van der Waals surface area (Å²) in [5.74, 6) is 1.99. The maximum absolute atomic E-state index is 11.7. The molecule has 2 heterocycles. The maximum Gasteiger partial charge on any atom is 0.258 e. The normalized spacial score (nSPS) is 10.2. The summed E-state index contributed by atoms with van der Waals surface area (Å²) < 4.78 is 7.28. The minimum atomic E-state index is -0.165. The van der Waals surface area contributed by atoms with Crippen LogP contribution in [0.25, 0.3) is 5.82 Å². The number of nitrogens with zero attached hydrogens (tertiary/aromatic N) is 3. The second-order valence-corrected chi connectivity index (χ2v) is 5.23. The molecule has 0 aliphatic carbocycles. The van der Waals surface area contributed by atoms with Crippen LogP contribution in [0.5, 0.6) is 5.75 Å². The zero-order valence-corrected chi connectivity index (χ0v) is 13.6. The molecule has 1 aromatic carbocycles. The standard InChI is InChI=1S/C18H19N5O2/c24-18(13-25-15-6-2-1-3-7-15)20-9-8-19-16-12-17(22-14-21-16)23-10-4-5-11-23/h1-7,10-12,14H,8-9,13H2,(H,20,24)(H,19,21,22). The Hall–Kier alpha value is -3.35. The first kappa shape index (κ1) is 16.5. The lowest BCUT2D eigenvalue weighted by Gasteiger charge is -2.09. The first-order chi connectivity index (χ1) is 12.3. The van der Waals surface area contributed by atoms with E-state index in [4.69, 9.17) is 4.74 Å². The van der Waals surface area contributed by atoms with E-state index in [9.17, 15) is 4.79 Å². The van der Waals surface area contributed by atoms with Gasteiger partial charge in [-0.05, 0) is 24.3 Å². The van der Waals surface area contributed by atoms with Gasteiger partial charge in [0.15, 0.2) is 6.61 Å². The third-order valence-electron chi connectivity index (χ3n) is 3.39. The van der Waals surface area contributed by atoms with Crippen LogP contribution >= 0.6 is 0 Å². The number of nitrogens with one attached hydrogen (secondary N) is 2. The lowest BCUT2D eigenvalue weighted by atomic mass is 10.3. The number of carbonyl (C=O) groups excluding carboxylic acids is 1. The molecule has 3 rings (SSSR count). The van der Waals surface area contributed by atoms with E-state index in [-0.39, 0.29) is 12.5 Å². The van der Waals surface area contributed by atoms with Gasteiger partial charge in [-0.2, -0.15) is 0 Å². The fourth-order valence-corrected chi connectivity index (χ4v) is 2.18. The smallest absolute Gasteiger partial charge is 0.258 e. The van der Waals surface area contributed by atoms with E-state index in [0.717, 1.165) is 5.82 Å². The van der Waals surface area contributed by atoms with Crippen molar-refractivity contribution in [2.75, 3.05) is 25.0 Å². The Balaban J connectivity index is 1.38. The Labute approximate surface area is 145 Å². The first-order valence-corrected chi connectivity index (χ1v) is 7.95. The molecule has 3 aromatic rings. The van der Waals surface area contributed by atoms with Crippen molar-refractivity contribution in [1.82, 2.24) is 19.9 Å². The van der Waals surface area contributed by atoms with Crippen LogP contribution < -0.4 is 15.4 Å². The molecule has 0 unspecified atom stereocenters. The van der Waals surface area contributed by atoms with Crippen molar-refractivity contribution in [3.63, 3.8) is 0 Å². The molecule has 1 amide bonds. The highest BCUT2D eigenvalue weighted by Crippen LogP contribution is 2.09. The largest absolute Gasteiger partial charge is 0.484 e. The fraction of sp³-hybridized carbons (Fsp3) is 0.167. The van der Waals surface area contributed by atoms with E-state index in [2.05, 4.69) is 20.6 Å². The Morgan fingerprint density at radius 1 is 1.04 bits per heavy atom. The van der Waals surface area contributed by atoms with Crippen LogP contribution in [0.2, 0.25) is 0 Å². The second-order valence-electron chi connectivity index (χ2n) is 5.23. The maximum atomic E-state index is 11.7. The average Bonchev–Trinajstić information content (AvgIpc) is 3.19. The van der Waals surface area contributed by atoms with Crippen molar-refractivity contribution in [3.8, 4) is 11.6 Å². The monoisotopic (exact) mass is 337 g/mol. The third kappa shape index (κ3) is 5.07. The Morgan fingerprint density at radius 3 is 2.64 bits per heavy atom. The molecular formula is C18H19N5O2. The topological polar surface area (TPSA) is 81.1 Å². The summed E-state index contributed by atoms with van der Waals surface area (Å²) in [6.45, 7) is 1.02. The van der Waals surface area contributed by atoms with Crippen molar-refractivity contribution >= 4 is 11.7 Å². The summed E-state index contributed by atoms with van der Waals surface area (Å²) in [7, 11) is 0. The van der Waals surface area contributed by atoms with Gasteiger partial charge in [0, 0.05) is 31.5 Å². The van der Waals surface area contributed by atoms with Gasteiger partial charge in [-0.1, -0.05) is 18.2 Å². The molecule has 0 saturated carbocycles. The predicted octanol–water partition coefficient (Wildman–Crippen LogP) is 1.87. The van der Waals surface area contributed by atoms with Crippen LogP contribution in [0.4, 0.5) is 5.82 Å². The number of amides is 1. The van der Waals surface area contributed by atoms with Crippen LogP contribution in [0.1, 0.15) is 0 Å². The number of benzene rings is 1. The van der Waals surface area contributed by atoms with Gasteiger partial charge in [0.2, 0.25) is 0 Å². The third-order valence-corrected chi connectivity index (χ3v) is 3.39. The molecule has 0 aliphatic rings. The van der Waals surface area contributed by atoms with Crippen molar-refractivity contribution in [1.29, 1.82) is 0 Å². The molecule has 7 nitrogen and oxygen atoms in total. The van der Waals surface area contributed by atoms with Crippen molar-refractivity contribution in [3.05, 3.63) is 67.3 Å². The van der Waals surface area contributed by atoms with Crippen molar-refractivity contribution in [2.24, 2.45) is 0 Å². The van der Waals surface area contributed by atoms with E-state index in [1.807, 2.05) is 65.5 Å². The lowest BCUT2D eigenvalue weighted by molar-refractivity contribution is -0.123. The highest BCUT2D eigenvalue weighted by molar-refractivity contribution is 5.77. The zero-order valence-electron chi connectivity index (χ0n) is 13.6. The molecule has 0 radical (unpaired) electrons. The predicted molar refractivity (Wildman–Crippen MR) is 94.8 cm³/mol. The van der Waals surface area contributed by atoms with E-state index in [1.54, 1.807) is 0 Å². The van der Waals surface area contributed by atoms with Crippen LogP contribution in [-0.4, -0.2) is 40.1 Å². The van der Waals surface area contributed by atoms with Crippen LogP contribution in [0.15, 0.2) is 67.3 Å². The molecule has 7 heteroatoms. The van der Waals surface area contributed by atoms with E-state index < -0.39 is 0 Å².